The van der Waals surface area contributed by atoms with Crippen LogP contribution in [0.5, 0.6) is 0 Å². The molecule has 1 saturated heterocycles. The van der Waals surface area contributed by atoms with E-state index in [1.54, 1.807) is 0 Å². The molecule has 5 heteroatoms. The van der Waals surface area contributed by atoms with Gasteiger partial charge in [0.15, 0.2) is 0 Å². The van der Waals surface area contributed by atoms with Crippen molar-refractivity contribution in [2.45, 2.75) is 38.8 Å². The minimum atomic E-state index is -0.261. The molecule has 0 aromatic heterocycles. The summed E-state index contributed by atoms with van der Waals surface area (Å²) in [5, 5.41) is 5.51. The maximum atomic E-state index is 11.7. The number of amides is 2. The van der Waals surface area contributed by atoms with Gasteiger partial charge >= 0.3 is 0 Å². The molecule has 0 saturated carbocycles. The quantitative estimate of drug-likeness (QED) is 0.776. The van der Waals surface area contributed by atoms with Crippen molar-refractivity contribution in [1.82, 2.24) is 10.6 Å². The van der Waals surface area contributed by atoms with Gasteiger partial charge in [-0.2, -0.15) is 0 Å². The predicted molar refractivity (Wildman–Crippen MR) is 79.6 cm³/mol. The highest BCUT2D eigenvalue weighted by Gasteiger charge is 2.17. The lowest BCUT2D eigenvalue weighted by Crippen LogP contribution is -2.35. The topological polar surface area (TPSA) is 67.4 Å². The molecule has 1 aliphatic heterocycles. The van der Waals surface area contributed by atoms with Gasteiger partial charge in [0.2, 0.25) is 11.8 Å². The van der Waals surface area contributed by atoms with E-state index in [9.17, 15) is 9.59 Å². The Balaban J connectivity index is 1.66. The molecule has 0 spiro atoms. The molecule has 1 aliphatic rings. The molecule has 2 rings (SSSR count). The van der Waals surface area contributed by atoms with Crippen molar-refractivity contribution in [3.8, 4) is 0 Å². The number of aryl methyl sites for hydroxylation is 1. The first-order valence-corrected chi connectivity index (χ1v) is 7.34. The van der Waals surface area contributed by atoms with Gasteiger partial charge in [-0.05, 0) is 30.9 Å². The van der Waals surface area contributed by atoms with Gasteiger partial charge in [0.25, 0.3) is 0 Å². The van der Waals surface area contributed by atoms with E-state index in [0.29, 0.717) is 13.1 Å². The molecule has 21 heavy (non-hydrogen) atoms. The highest BCUT2D eigenvalue weighted by atomic mass is 16.5. The van der Waals surface area contributed by atoms with E-state index < -0.39 is 0 Å². The van der Waals surface area contributed by atoms with Crippen LogP contribution in [0.2, 0.25) is 0 Å². The molecule has 0 bridgehead atoms. The van der Waals surface area contributed by atoms with Crippen LogP contribution in [-0.4, -0.2) is 31.1 Å². The fraction of sp³-hybridized carbons (Fsp3) is 0.500. The number of carbonyl (C=O) groups excluding carboxylic acids is 2. The molecule has 1 aromatic rings. The SMILES string of the molecule is Cc1ccccc1CNC(=O)CC(=O)NCC1CCCO1. The van der Waals surface area contributed by atoms with E-state index in [0.717, 1.165) is 30.6 Å². The Morgan fingerprint density at radius 3 is 2.71 bits per heavy atom. The standard InChI is InChI=1S/C16H22N2O3/c1-12-5-2-3-6-13(12)10-17-15(19)9-16(20)18-11-14-7-4-8-21-14/h2-3,5-6,14H,4,7-11H2,1H3,(H,17,19)(H,18,20). The Morgan fingerprint density at radius 2 is 2.00 bits per heavy atom. The number of hydrogen-bond donors (Lipinski definition) is 2. The normalized spacial score (nSPS) is 17.5. The highest BCUT2D eigenvalue weighted by Crippen LogP contribution is 2.10. The first kappa shape index (κ1) is 15.5. The Labute approximate surface area is 125 Å². The second kappa shape index (κ2) is 7.78. The summed E-state index contributed by atoms with van der Waals surface area (Å²) in [5.74, 6) is -0.518. The molecule has 1 fully saturated rings. The molecule has 114 valence electrons. The van der Waals surface area contributed by atoms with Crippen molar-refractivity contribution in [2.24, 2.45) is 0 Å². The summed E-state index contributed by atoms with van der Waals surface area (Å²) in [5.41, 5.74) is 2.19. The lowest BCUT2D eigenvalue weighted by atomic mass is 10.1. The number of benzene rings is 1. The molecule has 1 atom stereocenters. The average Bonchev–Trinajstić information content (AvgIpc) is 2.97. The molecule has 1 aromatic carbocycles. The third kappa shape index (κ3) is 5.19. The van der Waals surface area contributed by atoms with Gasteiger partial charge in [-0.3, -0.25) is 9.59 Å². The summed E-state index contributed by atoms with van der Waals surface area (Å²) in [7, 11) is 0. The van der Waals surface area contributed by atoms with Crippen molar-refractivity contribution in [3.05, 3.63) is 35.4 Å². The minimum absolute atomic E-state index is 0.101. The molecule has 0 aliphatic carbocycles. The van der Waals surface area contributed by atoms with Crippen LogP contribution < -0.4 is 10.6 Å². The maximum absolute atomic E-state index is 11.7. The van der Waals surface area contributed by atoms with Crippen molar-refractivity contribution >= 4 is 11.8 Å². The molecular formula is C16H22N2O3. The number of nitrogens with one attached hydrogen (secondary N) is 2. The van der Waals surface area contributed by atoms with Crippen LogP contribution in [0.1, 0.15) is 30.4 Å². The highest BCUT2D eigenvalue weighted by molar-refractivity contribution is 5.96. The Bertz CT molecular complexity index is 496. The summed E-state index contributed by atoms with van der Waals surface area (Å²) in [4.78, 5) is 23.4. The fourth-order valence-corrected chi connectivity index (χ4v) is 2.31. The van der Waals surface area contributed by atoms with Crippen LogP contribution in [0.15, 0.2) is 24.3 Å². The molecule has 2 N–H and O–H groups in total. The Morgan fingerprint density at radius 1 is 1.24 bits per heavy atom. The van der Waals surface area contributed by atoms with Crippen LogP contribution in [0.3, 0.4) is 0 Å². The van der Waals surface area contributed by atoms with E-state index in [1.807, 2.05) is 31.2 Å². The van der Waals surface area contributed by atoms with Gasteiger partial charge < -0.3 is 15.4 Å². The minimum Gasteiger partial charge on any atom is -0.376 e. The largest absolute Gasteiger partial charge is 0.376 e. The van der Waals surface area contributed by atoms with Gasteiger partial charge in [-0.1, -0.05) is 24.3 Å². The summed E-state index contributed by atoms with van der Waals surface area (Å²) in [6, 6.07) is 7.85. The van der Waals surface area contributed by atoms with Crippen LogP contribution in [0.4, 0.5) is 0 Å². The lowest BCUT2D eigenvalue weighted by molar-refractivity contribution is -0.129. The van der Waals surface area contributed by atoms with Gasteiger partial charge in [0.05, 0.1) is 6.10 Å². The smallest absolute Gasteiger partial charge is 0.229 e. The third-order valence-electron chi connectivity index (χ3n) is 3.61. The predicted octanol–water partition coefficient (Wildman–Crippen LogP) is 1.30. The van der Waals surface area contributed by atoms with Gasteiger partial charge in [-0.15, -0.1) is 0 Å². The first-order chi connectivity index (χ1) is 10.1. The van der Waals surface area contributed by atoms with Crippen molar-refractivity contribution in [1.29, 1.82) is 0 Å². The van der Waals surface area contributed by atoms with Gasteiger partial charge in [-0.25, -0.2) is 0 Å². The second-order valence-corrected chi connectivity index (χ2v) is 5.32. The number of hydrogen-bond acceptors (Lipinski definition) is 3. The van der Waals surface area contributed by atoms with E-state index in [-0.39, 0.29) is 24.3 Å². The van der Waals surface area contributed by atoms with E-state index in [1.165, 1.54) is 0 Å². The summed E-state index contributed by atoms with van der Waals surface area (Å²) >= 11 is 0. The lowest BCUT2D eigenvalue weighted by Gasteiger charge is -2.11. The molecule has 1 heterocycles. The average molecular weight is 290 g/mol. The Hall–Kier alpha value is -1.88. The second-order valence-electron chi connectivity index (χ2n) is 5.32. The van der Waals surface area contributed by atoms with Crippen LogP contribution in [-0.2, 0) is 20.9 Å². The summed E-state index contributed by atoms with van der Waals surface area (Å²) in [6.45, 7) is 3.70. The molecule has 0 radical (unpaired) electrons. The Kier molecular flexibility index (Phi) is 5.75. The molecule has 1 unspecified atom stereocenters. The number of rotatable bonds is 6. The van der Waals surface area contributed by atoms with E-state index >= 15 is 0 Å². The fourth-order valence-electron chi connectivity index (χ4n) is 2.31. The summed E-state index contributed by atoms with van der Waals surface area (Å²) in [6.07, 6.45) is 1.97. The zero-order valence-electron chi connectivity index (χ0n) is 12.4. The monoisotopic (exact) mass is 290 g/mol. The first-order valence-electron chi connectivity index (χ1n) is 7.34. The van der Waals surface area contributed by atoms with Crippen LogP contribution in [0, 0.1) is 6.92 Å². The molecular weight excluding hydrogens is 268 g/mol. The zero-order valence-corrected chi connectivity index (χ0v) is 12.4. The number of carbonyl (C=O) groups is 2. The summed E-state index contributed by atoms with van der Waals surface area (Å²) < 4.78 is 5.41. The van der Waals surface area contributed by atoms with Gasteiger partial charge in [0.1, 0.15) is 6.42 Å². The van der Waals surface area contributed by atoms with Crippen molar-refractivity contribution < 1.29 is 14.3 Å². The van der Waals surface area contributed by atoms with Crippen molar-refractivity contribution in [2.75, 3.05) is 13.2 Å². The van der Waals surface area contributed by atoms with E-state index in [4.69, 9.17) is 4.74 Å². The van der Waals surface area contributed by atoms with Crippen molar-refractivity contribution in [3.63, 3.8) is 0 Å². The van der Waals surface area contributed by atoms with Crippen LogP contribution >= 0.6 is 0 Å². The molecule has 5 nitrogen and oxygen atoms in total. The number of ether oxygens (including phenoxy) is 1. The third-order valence-corrected chi connectivity index (χ3v) is 3.61. The maximum Gasteiger partial charge on any atom is 0.229 e. The molecule has 2 amide bonds. The van der Waals surface area contributed by atoms with Crippen LogP contribution in [0.25, 0.3) is 0 Å². The van der Waals surface area contributed by atoms with Gasteiger partial charge in [0, 0.05) is 19.7 Å². The zero-order chi connectivity index (χ0) is 15.1. The van der Waals surface area contributed by atoms with E-state index in [2.05, 4.69) is 10.6 Å².